The molecular weight excluding hydrogens is 362 g/mol. The minimum atomic E-state index is -0.0972. The highest BCUT2D eigenvalue weighted by Gasteiger charge is 2.15. The Bertz CT molecular complexity index is 948. The second kappa shape index (κ2) is 7.59. The van der Waals surface area contributed by atoms with Crippen molar-refractivity contribution in [3.05, 3.63) is 50.6 Å². The lowest BCUT2D eigenvalue weighted by molar-refractivity contribution is 0.183. The van der Waals surface area contributed by atoms with Crippen LogP contribution in [-0.4, -0.2) is 28.4 Å². The molecule has 132 valence electrons. The molecule has 0 aliphatic carbocycles. The van der Waals surface area contributed by atoms with Crippen LogP contribution >= 0.6 is 23.4 Å². The molecular formula is C17H18ClN3O3S. The zero-order chi connectivity index (χ0) is 18.0. The number of rotatable bonds is 6. The number of halogens is 1. The minimum Gasteiger partial charge on any atom is -0.383 e. The molecule has 2 heterocycles. The van der Waals surface area contributed by atoms with E-state index >= 15 is 0 Å². The fourth-order valence-electron chi connectivity index (χ4n) is 2.51. The second-order valence-electron chi connectivity index (χ2n) is 5.60. The van der Waals surface area contributed by atoms with Crippen LogP contribution in [0, 0.1) is 13.8 Å². The van der Waals surface area contributed by atoms with Crippen LogP contribution in [0.4, 0.5) is 0 Å². The average Bonchev–Trinajstić information content (AvgIpc) is 2.90. The van der Waals surface area contributed by atoms with Gasteiger partial charge >= 0.3 is 0 Å². The molecule has 1 aromatic carbocycles. The van der Waals surface area contributed by atoms with Crippen LogP contribution in [0.25, 0.3) is 10.9 Å². The molecule has 25 heavy (non-hydrogen) atoms. The summed E-state index contributed by atoms with van der Waals surface area (Å²) in [7, 11) is 1.61. The molecule has 0 unspecified atom stereocenters. The maximum atomic E-state index is 12.8. The van der Waals surface area contributed by atoms with Crippen molar-refractivity contribution in [3.8, 4) is 0 Å². The normalized spacial score (nSPS) is 11.4. The third-order valence-corrected chi connectivity index (χ3v) is 5.17. The van der Waals surface area contributed by atoms with E-state index in [9.17, 15) is 4.79 Å². The lowest BCUT2D eigenvalue weighted by Gasteiger charge is -2.12. The van der Waals surface area contributed by atoms with Crippen LogP contribution in [0.15, 0.2) is 32.7 Å². The minimum absolute atomic E-state index is 0.0972. The second-order valence-corrected chi connectivity index (χ2v) is 6.98. The molecule has 0 aliphatic heterocycles. The first-order valence-electron chi connectivity index (χ1n) is 7.75. The summed E-state index contributed by atoms with van der Waals surface area (Å²) in [5.74, 6) is 1.40. The summed E-state index contributed by atoms with van der Waals surface area (Å²) in [6.07, 6.45) is 0. The van der Waals surface area contributed by atoms with Gasteiger partial charge in [-0.25, -0.2) is 4.98 Å². The third kappa shape index (κ3) is 3.73. The van der Waals surface area contributed by atoms with Gasteiger partial charge in [-0.15, -0.1) is 0 Å². The van der Waals surface area contributed by atoms with Gasteiger partial charge in [-0.2, -0.15) is 0 Å². The molecule has 0 spiro atoms. The molecule has 0 saturated carbocycles. The molecule has 0 aliphatic rings. The Hall–Kier alpha value is -1.83. The number of nitrogens with zero attached hydrogens (tertiary/aromatic N) is 3. The van der Waals surface area contributed by atoms with Gasteiger partial charge in [-0.3, -0.25) is 9.36 Å². The van der Waals surface area contributed by atoms with Gasteiger partial charge < -0.3 is 9.26 Å². The Morgan fingerprint density at radius 2 is 2.16 bits per heavy atom. The molecule has 3 aromatic rings. The van der Waals surface area contributed by atoms with Crippen molar-refractivity contribution in [1.82, 2.24) is 14.7 Å². The molecule has 0 fully saturated rings. The zero-order valence-corrected chi connectivity index (χ0v) is 15.8. The summed E-state index contributed by atoms with van der Waals surface area (Å²) < 4.78 is 12.0. The van der Waals surface area contributed by atoms with Crippen molar-refractivity contribution in [2.75, 3.05) is 13.7 Å². The Kier molecular flexibility index (Phi) is 5.46. The standard InChI is InChI=1S/C17H18ClN3O3S/c1-10-14(11(2)24-20-10)9-25-17-19-15-8-12(18)4-5-13(15)16(22)21(17)6-7-23-3/h4-5,8H,6-7,9H2,1-3H3. The Labute approximate surface area is 154 Å². The number of methoxy groups -OCH3 is 1. The van der Waals surface area contributed by atoms with Gasteiger partial charge in [0.25, 0.3) is 5.56 Å². The van der Waals surface area contributed by atoms with Gasteiger partial charge in [0.05, 0.1) is 29.7 Å². The summed E-state index contributed by atoms with van der Waals surface area (Å²) in [5.41, 5.74) is 2.36. The molecule has 0 radical (unpaired) electrons. The van der Waals surface area contributed by atoms with E-state index in [0.29, 0.717) is 40.0 Å². The van der Waals surface area contributed by atoms with E-state index in [2.05, 4.69) is 10.1 Å². The van der Waals surface area contributed by atoms with Crippen molar-refractivity contribution < 1.29 is 9.26 Å². The molecule has 6 nitrogen and oxygen atoms in total. The number of hydrogen-bond donors (Lipinski definition) is 0. The van der Waals surface area contributed by atoms with Crippen LogP contribution < -0.4 is 5.56 Å². The van der Waals surface area contributed by atoms with Crippen LogP contribution in [0.2, 0.25) is 5.02 Å². The summed E-state index contributed by atoms with van der Waals surface area (Å²) in [4.78, 5) is 17.5. The molecule has 3 rings (SSSR count). The van der Waals surface area contributed by atoms with Gasteiger partial charge in [0.15, 0.2) is 5.16 Å². The van der Waals surface area contributed by atoms with Crippen molar-refractivity contribution in [2.45, 2.75) is 31.3 Å². The predicted octanol–water partition coefficient (Wildman–Crippen LogP) is 3.59. The Morgan fingerprint density at radius 1 is 1.36 bits per heavy atom. The first-order valence-corrected chi connectivity index (χ1v) is 9.11. The van der Waals surface area contributed by atoms with E-state index in [4.69, 9.17) is 20.9 Å². The maximum Gasteiger partial charge on any atom is 0.262 e. The lowest BCUT2D eigenvalue weighted by atomic mass is 10.2. The van der Waals surface area contributed by atoms with Crippen LogP contribution in [0.3, 0.4) is 0 Å². The quantitative estimate of drug-likeness (QED) is 0.481. The van der Waals surface area contributed by atoms with Gasteiger partial charge in [0.2, 0.25) is 0 Å². The highest BCUT2D eigenvalue weighted by atomic mass is 35.5. The fourth-order valence-corrected chi connectivity index (χ4v) is 3.85. The number of benzene rings is 1. The van der Waals surface area contributed by atoms with E-state index in [-0.39, 0.29) is 5.56 Å². The smallest absolute Gasteiger partial charge is 0.262 e. The van der Waals surface area contributed by atoms with Gasteiger partial charge in [-0.1, -0.05) is 28.5 Å². The monoisotopic (exact) mass is 379 g/mol. The number of hydrogen-bond acceptors (Lipinski definition) is 6. The van der Waals surface area contributed by atoms with Crippen molar-refractivity contribution in [1.29, 1.82) is 0 Å². The lowest BCUT2D eigenvalue weighted by Crippen LogP contribution is -2.25. The number of thioether (sulfide) groups is 1. The van der Waals surface area contributed by atoms with E-state index in [1.54, 1.807) is 29.9 Å². The van der Waals surface area contributed by atoms with Gasteiger partial charge in [0, 0.05) is 23.4 Å². The van der Waals surface area contributed by atoms with Crippen LogP contribution in [0.1, 0.15) is 17.0 Å². The van der Waals surface area contributed by atoms with Crippen molar-refractivity contribution in [2.24, 2.45) is 0 Å². The molecule has 0 saturated heterocycles. The molecule has 8 heteroatoms. The number of ether oxygens (including phenoxy) is 1. The van der Waals surface area contributed by atoms with Crippen LogP contribution in [0.5, 0.6) is 0 Å². The highest BCUT2D eigenvalue weighted by molar-refractivity contribution is 7.98. The Balaban J connectivity index is 2.03. The molecule has 0 amide bonds. The fraction of sp³-hybridized carbons (Fsp3) is 0.353. The number of fused-ring (bicyclic) bond motifs is 1. The zero-order valence-electron chi connectivity index (χ0n) is 14.2. The topological polar surface area (TPSA) is 70.2 Å². The first-order chi connectivity index (χ1) is 12.0. The summed E-state index contributed by atoms with van der Waals surface area (Å²) in [6.45, 7) is 4.64. The van der Waals surface area contributed by atoms with E-state index in [1.165, 1.54) is 11.8 Å². The van der Waals surface area contributed by atoms with E-state index in [1.807, 2.05) is 13.8 Å². The Morgan fingerprint density at radius 3 is 2.84 bits per heavy atom. The summed E-state index contributed by atoms with van der Waals surface area (Å²) in [5, 5.41) is 5.68. The molecule has 0 N–H and O–H groups in total. The highest BCUT2D eigenvalue weighted by Crippen LogP contribution is 2.26. The summed E-state index contributed by atoms with van der Waals surface area (Å²) in [6, 6.07) is 5.11. The average molecular weight is 380 g/mol. The largest absolute Gasteiger partial charge is 0.383 e. The SMILES string of the molecule is COCCn1c(SCc2c(C)noc2C)nc2cc(Cl)ccc2c1=O. The first kappa shape index (κ1) is 18.0. The molecule has 2 aromatic heterocycles. The van der Waals surface area contributed by atoms with E-state index in [0.717, 1.165) is 17.0 Å². The number of aromatic nitrogens is 3. The molecule has 0 bridgehead atoms. The third-order valence-electron chi connectivity index (χ3n) is 3.93. The number of aryl methyl sites for hydroxylation is 2. The maximum absolute atomic E-state index is 12.8. The van der Waals surface area contributed by atoms with Crippen molar-refractivity contribution >= 4 is 34.3 Å². The van der Waals surface area contributed by atoms with E-state index < -0.39 is 0 Å². The van der Waals surface area contributed by atoms with Gasteiger partial charge in [0.1, 0.15) is 5.76 Å². The predicted molar refractivity (Wildman–Crippen MR) is 98.4 cm³/mol. The molecule has 0 atom stereocenters. The summed E-state index contributed by atoms with van der Waals surface area (Å²) >= 11 is 7.52. The van der Waals surface area contributed by atoms with Crippen LogP contribution in [-0.2, 0) is 17.0 Å². The van der Waals surface area contributed by atoms with Crippen molar-refractivity contribution in [3.63, 3.8) is 0 Å². The van der Waals surface area contributed by atoms with Gasteiger partial charge in [-0.05, 0) is 32.0 Å².